The summed E-state index contributed by atoms with van der Waals surface area (Å²) in [6, 6.07) is 87.0. The van der Waals surface area contributed by atoms with Crippen molar-refractivity contribution in [2.45, 2.75) is 5.41 Å². The highest BCUT2D eigenvalue weighted by Gasteiger charge is 2.46. The van der Waals surface area contributed by atoms with Crippen LogP contribution in [0.2, 0.25) is 0 Å². The van der Waals surface area contributed by atoms with Gasteiger partial charge < -0.3 is 4.90 Å². The molecule has 272 valence electrons. The van der Waals surface area contributed by atoms with Gasteiger partial charge in [0.2, 0.25) is 0 Å². The highest BCUT2D eigenvalue weighted by molar-refractivity contribution is 6.14. The van der Waals surface area contributed by atoms with Crippen molar-refractivity contribution in [3.8, 4) is 33.4 Å². The van der Waals surface area contributed by atoms with Gasteiger partial charge in [-0.05, 0) is 108 Å². The summed E-state index contributed by atoms with van der Waals surface area (Å²) in [5.74, 6) is 0. The molecule has 0 aliphatic heterocycles. The molecule has 1 nitrogen and oxygen atoms in total. The van der Waals surface area contributed by atoms with E-state index in [4.69, 9.17) is 0 Å². The minimum atomic E-state index is -0.525. The van der Waals surface area contributed by atoms with Crippen molar-refractivity contribution in [2.24, 2.45) is 0 Å². The van der Waals surface area contributed by atoms with Gasteiger partial charge in [0.1, 0.15) is 0 Å². The number of hydrogen-bond donors (Lipinski definition) is 0. The molecule has 0 heterocycles. The molecule has 11 rings (SSSR count). The average Bonchev–Trinajstić information content (AvgIpc) is 3.61. The maximum absolute atomic E-state index is 2.50. The van der Waals surface area contributed by atoms with E-state index in [-0.39, 0.29) is 0 Å². The molecular weight excluding hydrogens is 699 g/mol. The third-order valence-corrected chi connectivity index (χ3v) is 12.1. The second kappa shape index (κ2) is 13.9. The standard InChI is InChI=1S/C57H39N/c1-4-19-40(20-5-1)43-35-44(41-21-6-2-7-22-41)37-48(36-43)58(56-38-42-23-10-11-28-49(42)50-29-12-13-32-53(50)56)47-27-18-26-46(39-47)57(45-24-8-3-9-25-45)54-33-16-14-30-51(54)52-31-15-17-34-55(52)57/h1-39H. The normalized spacial score (nSPS) is 12.6. The fourth-order valence-electron chi connectivity index (χ4n) is 9.57. The van der Waals surface area contributed by atoms with Crippen LogP contribution < -0.4 is 4.90 Å². The summed E-state index contributed by atoms with van der Waals surface area (Å²) in [6.07, 6.45) is 0. The van der Waals surface area contributed by atoms with Gasteiger partial charge in [-0.25, -0.2) is 0 Å². The molecule has 0 atom stereocenters. The second-order valence-corrected chi connectivity index (χ2v) is 15.3. The molecule has 58 heavy (non-hydrogen) atoms. The van der Waals surface area contributed by atoms with E-state index >= 15 is 0 Å². The topological polar surface area (TPSA) is 3.24 Å². The van der Waals surface area contributed by atoms with Gasteiger partial charge in [-0.1, -0.05) is 200 Å². The Kier molecular flexibility index (Phi) is 8.12. The zero-order chi connectivity index (χ0) is 38.5. The Morgan fingerprint density at radius 2 is 0.793 bits per heavy atom. The second-order valence-electron chi connectivity index (χ2n) is 15.3. The molecule has 0 unspecified atom stereocenters. The van der Waals surface area contributed by atoms with Crippen molar-refractivity contribution in [3.63, 3.8) is 0 Å². The molecule has 1 aliphatic carbocycles. The van der Waals surface area contributed by atoms with E-state index in [0.29, 0.717) is 0 Å². The summed E-state index contributed by atoms with van der Waals surface area (Å²) in [6.45, 7) is 0. The van der Waals surface area contributed by atoms with Crippen molar-refractivity contribution < 1.29 is 0 Å². The molecular formula is C57H39N. The fourth-order valence-corrected chi connectivity index (χ4v) is 9.57. The van der Waals surface area contributed by atoms with E-state index in [2.05, 4.69) is 241 Å². The van der Waals surface area contributed by atoms with E-state index < -0.39 is 5.41 Å². The van der Waals surface area contributed by atoms with Crippen molar-refractivity contribution in [1.29, 1.82) is 0 Å². The molecule has 1 heteroatoms. The monoisotopic (exact) mass is 737 g/mol. The molecule has 1 aliphatic rings. The van der Waals surface area contributed by atoms with Crippen molar-refractivity contribution >= 4 is 38.6 Å². The summed E-state index contributed by atoms with van der Waals surface area (Å²) >= 11 is 0. The summed E-state index contributed by atoms with van der Waals surface area (Å²) in [4.78, 5) is 2.50. The molecule has 0 spiro atoms. The summed E-state index contributed by atoms with van der Waals surface area (Å²) < 4.78 is 0. The van der Waals surface area contributed by atoms with Crippen LogP contribution in [0.25, 0.3) is 54.9 Å². The summed E-state index contributed by atoms with van der Waals surface area (Å²) in [5, 5.41) is 4.89. The molecule has 10 aromatic carbocycles. The number of anilines is 3. The lowest BCUT2D eigenvalue weighted by Crippen LogP contribution is -2.28. The number of nitrogens with zero attached hydrogens (tertiary/aromatic N) is 1. The molecule has 0 fully saturated rings. The van der Waals surface area contributed by atoms with E-state index in [0.717, 1.165) is 17.1 Å². The Labute approximate surface area is 339 Å². The number of fused-ring (bicyclic) bond motifs is 6. The number of rotatable bonds is 7. The Morgan fingerprint density at radius 1 is 0.293 bits per heavy atom. The van der Waals surface area contributed by atoms with Crippen LogP contribution in [0.1, 0.15) is 22.3 Å². The lowest BCUT2D eigenvalue weighted by Gasteiger charge is -2.35. The number of benzene rings is 10. The largest absolute Gasteiger partial charge is 0.310 e. The average molecular weight is 738 g/mol. The Balaban J connectivity index is 1.23. The first kappa shape index (κ1) is 33.8. The van der Waals surface area contributed by atoms with Crippen LogP contribution in [-0.4, -0.2) is 0 Å². The van der Waals surface area contributed by atoms with Crippen LogP contribution in [0.3, 0.4) is 0 Å². The van der Waals surface area contributed by atoms with Crippen LogP contribution in [0.15, 0.2) is 237 Å². The molecule has 0 amide bonds. The van der Waals surface area contributed by atoms with Crippen molar-refractivity contribution in [3.05, 3.63) is 259 Å². The van der Waals surface area contributed by atoms with Crippen LogP contribution in [-0.2, 0) is 5.41 Å². The maximum Gasteiger partial charge on any atom is 0.0714 e. The van der Waals surface area contributed by atoms with Gasteiger partial charge >= 0.3 is 0 Å². The van der Waals surface area contributed by atoms with Crippen LogP contribution in [0, 0.1) is 0 Å². The zero-order valence-electron chi connectivity index (χ0n) is 32.0. The van der Waals surface area contributed by atoms with E-state index in [9.17, 15) is 0 Å². The minimum Gasteiger partial charge on any atom is -0.310 e. The third kappa shape index (κ3) is 5.39. The highest BCUT2D eigenvalue weighted by atomic mass is 15.1. The van der Waals surface area contributed by atoms with Gasteiger partial charge in [-0.15, -0.1) is 0 Å². The van der Waals surface area contributed by atoms with Gasteiger partial charge in [-0.2, -0.15) is 0 Å². The minimum absolute atomic E-state index is 0.525. The molecule has 0 saturated carbocycles. The molecule has 10 aromatic rings. The lowest BCUT2D eigenvalue weighted by atomic mass is 9.67. The molecule has 0 saturated heterocycles. The summed E-state index contributed by atoms with van der Waals surface area (Å²) in [5.41, 5.74) is 15.2. The molecule has 0 aromatic heterocycles. The van der Waals surface area contributed by atoms with Crippen LogP contribution in [0.4, 0.5) is 17.1 Å². The molecule has 0 N–H and O–H groups in total. The SMILES string of the molecule is c1ccc(-c2cc(-c3ccccc3)cc(N(c3cccc(C4(c5ccccc5)c5ccccc5-c5ccccc54)c3)c3cc4ccccc4c4ccccc34)c2)cc1. The van der Waals surface area contributed by atoms with E-state index in [1.54, 1.807) is 0 Å². The van der Waals surface area contributed by atoms with Gasteiger partial charge in [0, 0.05) is 16.8 Å². The summed E-state index contributed by atoms with van der Waals surface area (Å²) in [7, 11) is 0. The Hall–Kier alpha value is -7.48. The molecule has 0 radical (unpaired) electrons. The smallest absolute Gasteiger partial charge is 0.0714 e. The quantitative estimate of drug-likeness (QED) is 0.147. The van der Waals surface area contributed by atoms with Gasteiger partial charge in [0.05, 0.1) is 11.1 Å². The zero-order valence-corrected chi connectivity index (χ0v) is 32.0. The first-order valence-electron chi connectivity index (χ1n) is 20.1. The fraction of sp³-hybridized carbons (Fsp3) is 0.0175. The van der Waals surface area contributed by atoms with Crippen molar-refractivity contribution in [2.75, 3.05) is 4.90 Å². The third-order valence-electron chi connectivity index (χ3n) is 12.1. The van der Waals surface area contributed by atoms with Crippen molar-refractivity contribution in [1.82, 2.24) is 0 Å². The Bertz CT molecular complexity index is 3010. The van der Waals surface area contributed by atoms with Gasteiger partial charge in [-0.3, -0.25) is 0 Å². The van der Waals surface area contributed by atoms with Gasteiger partial charge in [0.25, 0.3) is 0 Å². The first-order chi connectivity index (χ1) is 28.8. The highest BCUT2D eigenvalue weighted by Crippen LogP contribution is 2.57. The Morgan fingerprint density at radius 3 is 1.43 bits per heavy atom. The molecule has 0 bridgehead atoms. The van der Waals surface area contributed by atoms with E-state index in [1.165, 1.54) is 77.2 Å². The predicted molar refractivity (Wildman–Crippen MR) is 244 cm³/mol. The maximum atomic E-state index is 2.50. The van der Waals surface area contributed by atoms with E-state index in [1.807, 2.05) is 0 Å². The van der Waals surface area contributed by atoms with Crippen LogP contribution in [0.5, 0.6) is 0 Å². The predicted octanol–water partition coefficient (Wildman–Crippen LogP) is 15.2. The first-order valence-corrected chi connectivity index (χ1v) is 20.1. The van der Waals surface area contributed by atoms with Gasteiger partial charge in [0.15, 0.2) is 0 Å². The lowest BCUT2D eigenvalue weighted by molar-refractivity contribution is 0.768. The van der Waals surface area contributed by atoms with Crippen LogP contribution >= 0.6 is 0 Å². The number of hydrogen-bond acceptors (Lipinski definition) is 1.